The van der Waals surface area contributed by atoms with Crippen molar-refractivity contribution in [1.82, 2.24) is 5.32 Å². The van der Waals surface area contributed by atoms with E-state index in [2.05, 4.69) is 51.9 Å². The zero-order valence-electron chi connectivity index (χ0n) is 27.7. The second-order valence-electron chi connectivity index (χ2n) is 16.9. The third kappa shape index (κ3) is 5.34. The molecule has 5 nitrogen and oxygen atoms in total. The van der Waals surface area contributed by atoms with Crippen molar-refractivity contribution >= 4 is 0 Å². The first-order chi connectivity index (χ1) is 19.6. The van der Waals surface area contributed by atoms with Gasteiger partial charge in [0.15, 0.2) is 0 Å². The third-order valence-electron chi connectivity index (χ3n) is 14.0. The van der Waals surface area contributed by atoms with E-state index in [0.29, 0.717) is 41.4 Å². The smallest absolute Gasteiger partial charge is 0.111 e. The Bertz CT molecular complexity index is 1060. The fraction of sp³-hybridized carbons (Fsp3) is 0.892. The molecule has 0 aromatic carbocycles. The van der Waals surface area contributed by atoms with Crippen LogP contribution in [0.3, 0.4) is 0 Å². The van der Waals surface area contributed by atoms with E-state index < -0.39 is 17.1 Å². The van der Waals surface area contributed by atoms with E-state index in [-0.39, 0.29) is 30.4 Å². The second kappa shape index (κ2) is 11.5. The van der Waals surface area contributed by atoms with Crippen LogP contribution in [0.25, 0.3) is 0 Å². The van der Waals surface area contributed by atoms with Gasteiger partial charge < -0.3 is 20.1 Å². The molecule has 5 rings (SSSR count). The van der Waals surface area contributed by atoms with Crippen LogP contribution in [0.2, 0.25) is 0 Å². The van der Waals surface area contributed by atoms with E-state index >= 15 is 0 Å². The van der Waals surface area contributed by atoms with Crippen LogP contribution in [0.15, 0.2) is 11.6 Å². The van der Waals surface area contributed by atoms with Crippen molar-refractivity contribution < 1.29 is 20.1 Å². The zero-order valence-corrected chi connectivity index (χ0v) is 27.7. The molecule has 0 spiro atoms. The molecule has 0 amide bonds. The van der Waals surface area contributed by atoms with Crippen LogP contribution < -0.4 is 5.32 Å². The maximum atomic E-state index is 10.4. The first kappa shape index (κ1) is 32.5. The lowest BCUT2D eigenvalue weighted by Crippen LogP contribution is -2.60. The lowest BCUT2D eigenvalue weighted by Gasteiger charge is -2.66. The minimum absolute atomic E-state index is 0.000869. The number of hydrogen-bond donors (Lipinski definition) is 4. The Balaban J connectivity index is 1.35. The Morgan fingerprint density at radius 1 is 1.10 bits per heavy atom. The van der Waals surface area contributed by atoms with Crippen molar-refractivity contribution in [1.29, 1.82) is 0 Å². The first-order valence-corrected chi connectivity index (χ1v) is 17.2. The number of nitrogens with one attached hydrogen (secondary N) is 1. The summed E-state index contributed by atoms with van der Waals surface area (Å²) in [5, 5.41) is 33.8. The summed E-state index contributed by atoms with van der Waals surface area (Å²) in [5.41, 5.74) is 1.30. The number of piperidine rings is 1. The summed E-state index contributed by atoms with van der Waals surface area (Å²) in [5.74, 6) is 5.81. The highest BCUT2D eigenvalue weighted by Gasteiger charge is 2.67. The van der Waals surface area contributed by atoms with Crippen molar-refractivity contribution in [2.24, 2.45) is 45.3 Å². The summed E-state index contributed by atoms with van der Waals surface area (Å²) in [6, 6.07) is -0.141. The van der Waals surface area contributed by atoms with Crippen LogP contribution in [0.1, 0.15) is 126 Å². The van der Waals surface area contributed by atoms with Crippen LogP contribution in [-0.4, -0.2) is 52.0 Å². The van der Waals surface area contributed by atoms with Gasteiger partial charge in [-0.1, -0.05) is 58.1 Å². The van der Waals surface area contributed by atoms with Gasteiger partial charge in [0.2, 0.25) is 0 Å². The maximum Gasteiger partial charge on any atom is 0.111 e. The first-order valence-electron chi connectivity index (χ1n) is 17.2. The molecule has 238 valence electrons. The summed E-state index contributed by atoms with van der Waals surface area (Å²) in [4.78, 5) is 0. The normalized spacial score (nSPS) is 47.9. The van der Waals surface area contributed by atoms with E-state index in [4.69, 9.17) is 11.2 Å². The van der Waals surface area contributed by atoms with Gasteiger partial charge in [-0.15, -0.1) is 6.42 Å². The molecule has 4 aliphatic carbocycles. The number of ether oxygens (including phenoxy) is 1. The summed E-state index contributed by atoms with van der Waals surface area (Å²) in [6.07, 6.45) is 20.7. The molecule has 42 heavy (non-hydrogen) atoms. The third-order valence-corrected chi connectivity index (χ3v) is 14.0. The van der Waals surface area contributed by atoms with E-state index in [9.17, 15) is 15.3 Å². The quantitative estimate of drug-likeness (QED) is 0.191. The van der Waals surface area contributed by atoms with Gasteiger partial charge in [-0.05, 0) is 118 Å². The molecule has 12 atom stereocenters. The molecular formula is C37H61NO4. The van der Waals surface area contributed by atoms with Crippen LogP contribution >= 0.6 is 0 Å². The number of rotatable bonds is 8. The monoisotopic (exact) mass is 583 g/mol. The van der Waals surface area contributed by atoms with Gasteiger partial charge in [0.1, 0.15) is 6.23 Å². The molecule has 5 heteroatoms. The highest BCUT2D eigenvalue weighted by Crippen LogP contribution is 2.75. The Kier molecular flexibility index (Phi) is 8.88. The lowest BCUT2D eigenvalue weighted by atomic mass is 9.39. The molecule has 4 N–H and O–H groups in total. The fourth-order valence-electron chi connectivity index (χ4n) is 11.3. The van der Waals surface area contributed by atoms with Crippen molar-refractivity contribution in [2.45, 2.75) is 156 Å². The molecule has 1 aliphatic heterocycles. The summed E-state index contributed by atoms with van der Waals surface area (Å²) in [6.45, 7) is 16.5. The number of aliphatic hydroxyl groups is 3. The second-order valence-corrected chi connectivity index (χ2v) is 16.9. The van der Waals surface area contributed by atoms with Gasteiger partial charge in [0.05, 0.1) is 29.8 Å². The topological polar surface area (TPSA) is 82.0 Å². The number of allylic oxidation sites excluding steroid dienone is 1. The van der Waals surface area contributed by atoms with Crippen LogP contribution in [-0.2, 0) is 4.74 Å². The van der Waals surface area contributed by atoms with Gasteiger partial charge in [0, 0.05) is 12.5 Å². The number of aliphatic hydroxyl groups excluding tert-OH is 2. The zero-order chi connectivity index (χ0) is 30.7. The average molecular weight is 584 g/mol. The molecule has 1 heterocycles. The van der Waals surface area contributed by atoms with Crippen LogP contribution in [0, 0.1) is 57.7 Å². The molecule has 0 bridgehead atoms. The van der Waals surface area contributed by atoms with E-state index in [1.54, 1.807) is 0 Å². The molecule has 1 saturated heterocycles. The van der Waals surface area contributed by atoms with Gasteiger partial charge in [-0.3, -0.25) is 5.32 Å². The standard InChI is InChI=1S/C37H61NO4/c1-9-34(5)28-12-14-30-35(6,29(28)13-15-31(34)42-32-22-26(40)21-25(23-39)38-32)19-20-36(7)27(16-18-37(30,36)8)24(2)11-10-17-33(3,4)41/h1,12,24-27,29-32,38-41H,10-11,13-23H2,2-8H3/t24-,25+,26+,27?,29?,30?,31+,32+,34+,35+,36-,37+/m1/s1. The predicted molar refractivity (Wildman–Crippen MR) is 169 cm³/mol. The Hall–Kier alpha value is -0.900. The minimum Gasteiger partial charge on any atom is -0.395 e. The van der Waals surface area contributed by atoms with E-state index in [0.717, 1.165) is 38.0 Å². The Morgan fingerprint density at radius 2 is 1.83 bits per heavy atom. The largest absolute Gasteiger partial charge is 0.395 e. The van der Waals surface area contributed by atoms with Crippen LogP contribution in [0.4, 0.5) is 0 Å². The highest BCUT2D eigenvalue weighted by molar-refractivity contribution is 5.37. The van der Waals surface area contributed by atoms with Crippen LogP contribution in [0.5, 0.6) is 0 Å². The Labute approximate surface area is 256 Å². The molecule has 3 saturated carbocycles. The minimum atomic E-state index is -0.570. The maximum absolute atomic E-state index is 10.4. The Morgan fingerprint density at radius 3 is 2.50 bits per heavy atom. The summed E-state index contributed by atoms with van der Waals surface area (Å²) < 4.78 is 6.68. The fourth-order valence-corrected chi connectivity index (χ4v) is 11.3. The number of terminal acetylenes is 1. The van der Waals surface area contributed by atoms with Crippen molar-refractivity contribution in [3.8, 4) is 12.3 Å². The van der Waals surface area contributed by atoms with Crippen molar-refractivity contribution in [3.05, 3.63) is 11.6 Å². The molecule has 5 aliphatic rings. The van der Waals surface area contributed by atoms with Crippen molar-refractivity contribution in [2.75, 3.05) is 6.61 Å². The van der Waals surface area contributed by atoms with Gasteiger partial charge >= 0.3 is 0 Å². The number of fused-ring (bicyclic) bond motifs is 5. The van der Waals surface area contributed by atoms with Gasteiger partial charge in [-0.2, -0.15) is 0 Å². The average Bonchev–Trinajstić information content (AvgIpc) is 3.20. The predicted octanol–water partition coefficient (Wildman–Crippen LogP) is 6.60. The van der Waals surface area contributed by atoms with E-state index in [1.807, 2.05) is 13.8 Å². The molecule has 0 radical (unpaired) electrons. The molecular weight excluding hydrogens is 522 g/mol. The van der Waals surface area contributed by atoms with Gasteiger partial charge in [0.25, 0.3) is 0 Å². The van der Waals surface area contributed by atoms with E-state index in [1.165, 1.54) is 37.7 Å². The van der Waals surface area contributed by atoms with Gasteiger partial charge in [-0.25, -0.2) is 0 Å². The molecule has 0 aromatic heterocycles. The van der Waals surface area contributed by atoms with Crippen molar-refractivity contribution in [3.63, 3.8) is 0 Å². The molecule has 4 fully saturated rings. The lowest BCUT2D eigenvalue weighted by molar-refractivity contribution is -0.156. The summed E-state index contributed by atoms with van der Waals surface area (Å²) >= 11 is 0. The molecule has 0 aromatic rings. The number of hydrogen-bond acceptors (Lipinski definition) is 5. The summed E-state index contributed by atoms with van der Waals surface area (Å²) in [7, 11) is 0. The molecule has 3 unspecified atom stereocenters. The highest BCUT2D eigenvalue weighted by atomic mass is 16.5. The SMILES string of the molecule is C#C[C@@]1(C)C2=CCC3[C@@](C)(CC[C@]4(C)C([C@H](C)CCCC(C)(C)O)CC[C@@]34C)C2CC[C@@H]1O[C@H]1C[C@@H](O)C[C@@H](CO)N1.